The number of benzene rings is 1. The third-order valence-electron chi connectivity index (χ3n) is 3.60. The SMILES string of the molecule is CCc1nc2ccccc2n1CC(C)(NC(C)C)C(=O)O. The van der Waals surface area contributed by atoms with Gasteiger partial charge in [-0.2, -0.15) is 0 Å². The Morgan fingerprint density at radius 2 is 2.10 bits per heavy atom. The van der Waals surface area contributed by atoms with Crippen molar-refractivity contribution in [2.24, 2.45) is 0 Å². The number of aromatic nitrogens is 2. The smallest absolute Gasteiger partial charge is 0.325 e. The van der Waals surface area contributed by atoms with Crippen LogP contribution in [0.15, 0.2) is 24.3 Å². The molecule has 1 unspecified atom stereocenters. The molecule has 1 atom stereocenters. The lowest BCUT2D eigenvalue weighted by atomic mass is 10.0. The van der Waals surface area contributed by atoms with Crippen LogP contribution in [0, 0.1) is 0 Å². The zero-order chi connectivity index (χ0) is 15.6. The number of imidazole rings is 1. The van der Waals surface area contributed by atoms with Gasteiger partial charge in [0, 0.05) is 12.5 Å². The number of hydrogen-bond acceptors (Lipinski definition) is 3. The molecule has 114 valence electrons. The van der Waals surface area contributed by atoms with Crippen LogP contribution < -0.4 is 5.32 Å². The van der Waals surface area contributed by atoms with Crippen molar-refractivity contribution in [1.82, 2.24) is 14.9 Å². The van der Waals surface area contributed by atoms with Crippen molar-refractivity contribution in [2.75, 3.05) is 0 Å². The largest absolute Gasteiger partial charge is 0.480 e. The molecule has 5 heteroatoms. The van der Waals surface area contributed by atoms with E-state index in [1.54, 1.807) is 6.92 Å². The summed E-state index contributed by atoms with van der Waals surface area (Å²) in [5.74, 6) is 0.0604. The number of nitrogens with one attached hydrogen (secondary N) is 1. The van der Waals surface area contributed by atoms with Gasteiger partial charge in [0.05, 0.1) is 17.6 Å². The molecular weight excluding hydrogens is 266 g/mol. The Hall–Kier alpha value is -1.88. The van der Waals surface area contributed by atoms with E-state index in [4.69, 9.17) is 0 Å². The fraction of sp³-hybridized carbons (Fsp3) is 0.500. The predicted molar refractivity (Wildman–Crippen MR) is 83.4 cm³/mol. The first-order chi connectivity index (χ1) is 9.87. The Kier molecular flexibility index (Phi) is 4.32. The molecule has 1 heterocycles. The molecule has 2 aromatic rings. The Labute approximate surface area is 125 Å². The monoisotopic (exact) mass is 289 g/mol. The van der Waals surface area contributed by atoms with E-state index in [-0.39, 0.29) is 6.04 Å². The van der Waals surface area contributed by atoms with Crippen molar-refractivity contribution >= 4 is 17.0 Å². The van der Waals surface area contributed by atoms with Gasteiger partial charge in [0.1, 0.15) is 11.4 Å². The van der Waals surface area contributed by atoms with E-state index >= 15 is 0 Å². The molecular formula is C16H23N3O2. The number of carboxylic acids is 1. The van der Waals surface area contributed by atoms with E-state index in [0.29, 0.717) is 6.54 Å². The maximum atomic E-state index is 11.7. The molecule has 2 N–H and O–H groups in total. The molecule has 0 saturated heterocycles. The summed E-state index contributed by atoms with van der Waals surface area (Å²) < 4.78 is 2.01. The van der Waals surface area contributed by atoms with Crippen LogP contribution in [0.5, 0.6) is 0 Å². The molecule has 0 aliphatic carbocycles. The second kappa shape index (κ2) is 5.85. The lowest BCUT2D eigenvalue weighted by molar-refractivity contribution is -0.145. The standard InChI is InChI=1S/C16H23N3O2/c1-5-14-17-12-8-6-7-9-13(12)19(14)10-16(4,15(20)21)18-11(2)3/h6-9,11,18H,5,10H2,1-4H3,(H,20,21). The summed E-state index contributed by atoms with van der Waals surface area (Å²) >= 11 is 0. The number of aliphatic carboxylic acids is 1. The highest BCUT2D eigenvalue weighted by Gasteiger charge is 2.35. The fourth-order valence-corrected chi connectivity index (χ4v) is 2.70. The van der Waals surface area contributed by atoms with Crippen LogP contribution >= 0.6 is 0 Å². The number of aryl methyl sites for hydroxylation is 1. The Morgan fingerprint density at radius 3 is 2.67 bits per heavy atom. The van der Waals surface area contributed by atoms with E-state index < -0.39 is 11.5 Å². The number of carbonyl (C=O) groups is 1. The molecule has 0 spiro atoms. The summed E-state index contributed by atoms with van der Waals surface area (Å²) in [4.78, 5) is 16.3. The Balaban J connectivity index is 2.47. The number of hydrogen-bond donors (Lipinski definition) is 2. The van der Waals surface area contributed by atoms with E-state index in [0.717, 1.165) is 23.3 Å². The van der Waals surface area contributed by atoms with Gasteiger partial charge in [-0.3, -0.25) is 10.1 Å². The fourth-order valence-electron chi connectivity index (χ4n) is 2.70. The normalized spacial score (nSPS) is 14.5. The van der Waals surface area contributed by atoms with Crippen LogP contribution in [0.2, 0.25) is 0 Å². The van der Waals surface area contributed by atoms with Crippen molar-refractivity contribution in [1.29, 1.82) is 0 Å². The highest BCUT2D eigenvalue weighted by atomic mass is 16.4. The van der Waals surface area contributed by atoms with E-state index in [2.05, 4.69) is 10.3 Å². The van der Waals surface area contributed by atoms with Crippen LogP contribution in [0.1, 0.15) is 33.5 Å². The third kappa shape index (κ3) is 3.08. The van der Waals surface area contributed by atoms with Crippen molar-refractivity contribution in [3.8, 4) is 0 Å². The summed E-state index contributed by atoms with van der Waals surface area (Å²) in [6, 6.07) is 7.93. The van der Waals surface area contributed by atoms with E-state index in [1.165, 1.54) is 0 Å². The third-order valence-corrected chi connectivity index (χ3v) is 3.60. The van der Waals surface area contributed by atoms with Crippen molar-refractivity contribution in [3.05, 3.63) is 30.1 Å². The quantitative estimate of drug-likeness (QED) is 0.857. The molecule has 0 saturated carbocycles. The van der Waals surface area contributed by atoms with Crippen LogP contribution in [-0.2, 0) is 17.8 Å². The molecule has 0 amide bonds. The van der Waals surface area contributed by atoms with Gasteiger partial charge < -0.3 is 9.67 Å². The minimum Gasteiger partial charge on any atom is -0.480 e. The number of fused-ring (bicyclic) bond motifs is 1. The highest BCUT2D eigenvalue weighted by Crippen LogP contribution is 2.20. The lowest BCUT2D eigenvalue weighted by Gasteiger charge is -2.30. The summed E-state index contributed by atoms with van der Waals surface area (Å²) in [7, 11) is 0. The molecule has 1 aromatic carbocycles. The van der Waals surface area contributed by atoms with Gasteiger partial charge in [-0.05, 0) is 32.9 Å². The first-order valence-corrected chi connectivity index (χ1v) is 7.32. The molecule has 2 rings (SSSR count). The van der Waals surface area contributed by atoms with Gasteiger partial charge in [0.25, 0.3) is 0 Å². The summed E-state index contributed by atoms with van der Waals surface area (Å²) in [5.41, 5.74) is 0.862. The maximum absolute atomic E-state index is 11.7. The summed E-state index contributed by atoms with van der Waals surface area (Å²) in [6.07, 6.45) is 0.770. The predicted octanol–water partition coefficient (Wildman–Crippen LogP) is 2.44. The first kappa shape index (κ1) is 15.5. The molecule has 21 heavy (non-hydrogen) atoms. The number of para-hydroxylation sites is 2. The number of nitrogens with zero attached hydrogens (tertiary/aromatic N) is 2. The van der Waals surface area contributed by atoms with Crippen LogP contribution in [0.3, 0.4) is 0 Å². The topological polar surface area (TPSA) is 67.2 Å². The van der Waals surface area contributed by atoms with Crippen LogP contribution in [-0.4, -0.2) is 32.2 Å². The molecule has 0 bridgehead atoms. The first-order valence-electron chi connectivity index (χ1n) is 7.32. The molecule has 0 fully saturated rings. The lowest BCUT2D eigenvalue weighted by Crippen LogP contribution is -2.55. The van der Waals surface area contributed by atoms with Gasteiger partial charge in [0.15, 0.2) is 0 Å². The average molecular weight is 289 g/mol. The molecule has 0 aliphatic heterocycles. The van der Waals surface area contributed by atoms with Crippen LogP contribution in [0.25, 0.3) is 11.0 Å². The average Bonchev–Trinajstić information content (AvgIpc) is 2.76. The van der Waals surface area contributed by atoms with Crippen molar-refractivity contribution in [2.45, 2.75) is 52.2 Å². The van der Waals surface area contributed by atoms with Gasteiger partial charge in [-0.15, -0.1) is 0 Å². The van der Waals surface area contributed by atoms with Crippen molar-refractivity contribution in [3.63, 3.8) is 0 Å². The Bertz CT molecular complexity index is 648. The minimum absolute atomic E-state index is 0.0889. The van der Waals surface area contributed by atoms with Crippen molar-refractivity contribution < 1.29 is 9.90 Å². The second-order valence-corrected chi connectivity index (χ2v) is 5.89. The van der Waals surface area contributed by atoms with Gasteiger partial charge in [-0.1, -0.05) is 19.1 Å². The van der Waals surface area contributed by atoms with Gasteiger partial charge >= 0.3 is 5.97 Å². The second-order valence-electron chi connectivity index (χ2n) is 5.89. The van der Waals surface area contributed by atoms with Gasteiger partial charge in [0.2, 0.25) is 0 Å². The van der Waals surface area contributed by atoms with E-state index in [1.807, 2.05) is 49.6 Å². The zero-order valence-electron chi connectivity index (χ0n) is 13.1. The molecule has 5 nitrogen and oxygen atoms in total. The minimum atomic E-state index is -1.03. The highest BCUT2D eigenvalue weighted by molar-refractivity contribution is 5.80. The van der Waals surface area contributed by atoms with Crippen LogP contribution in [0.4, 0.5) is 0 Å². The zero-order valence-corrected chi connectivity index (χ0v) is 13.1. The maximum Gasteiger partial charge on any atom is 0.325 e. The molecule has 0 aliphatic rings. The summed E-state index contributed by atoms with van der Waals surface area (Å²) in [6.45, 7) is 8.02. The van der Waals surface area contributed by atoms with Gasteiger partial charge in [-0.25, -0.2) is 4.98 Å². The summed E-state index contributed by atoms with van der Waals surface area (Å²) in [5, 5.41) is 12.8. The number of carboxylic acid groups (broad SMARTS) is 1. The molecule has 0 radical (unpaired) electrons. The molecule has 1 aromatic heterocycles. The number of rotatable bonds is 6. The van der Waals surface area contributed by atoms with E-state index in [9.17, 15) is 9.90 Å². The Morgan fingerprint density at radius 1 is 1.43 bits per heavy atom.